The third-order valence-corrected chi connectivity index (χ3v) is 5.95. The Labute approximate surface area is 178 Å². The van der Waals surface area contributed by atoms with Crippen molar-refractivity contribution in [3.63, 3.8) is 0 Å². The molecule has 3 heterocycles. The third-order valence-electron chi connectivity index (χ3n) is 5.95. The predicted molar refractivity (Wildman–Crippen MR) is 121 cm³/mol. The highest BCUT2D eigenvalue weighted by atomic mass is 16.2. The first kappa shape index (κ1) is 20.4. The van der Waals surface area contributed by atoms with Gasteiger partial charge in [-0.15, -0.1) is 0 Å². The number of aryl methyl sites for hydroxylation is 2. The molecule has 0 radical (unpaired) electrons. The third kappa shape index (κ3) is 4.83. The van der Waals surface area contributed by atoms with Crippen molar-refractivity contribution >= 4 is 12.0 Å². The fourth-order valence-electron chi connectivity index (χ4n) is 4.29. The summed E-state index contributed by atoms with van der Waals surface area (Å²) in [6.45, 7) is 4.20. The molecule has 1 fully saturated rings. The van der Waals surface area contributed by atoms with Gasteiger partial charge >= 0.3 is 5.69 Å². The van der Waals surface area contributed by atoms with Crippen molar-refractivity contribution in [1.82, 2.24) is 24.6 Å². The van der Waals surface area contributed by atoms with Crippen molar-refractivity contribution in [3.8, 4) is 0 Å². The van der Waals surface area contributed by atoms with Crippen LogP contribution in [0.25, 0.3) is 6.08 Å². The van der Waals surface area contributed by atoms with Gasteiger partial charge in [0.25, 0.3) is 0 Å². The first-order valence-electron chi connectivity index (χ1n) is 11.1. The summed E-state index contributed by atoms with van der Waals surface area (Å²) in [5.41, 5.74) is 2.82. The molecular weight excluding hydrogens is 376 g/mol. The van der Waals surface area contributed by atoms with Crippen LogP contribution in [0.4, 0.5) is 0 Å². The van der Waals surface area contributed by atoms with Crippen LogP contribution in [0.5, 0.6) is 0 Å². The van der Waals surface area contributed by atoms with Crippen LogP contribution in [0.3, 0.4) is 0 Å². The van der Waals surface area contributed by atoms with Crippen molar-refractivity contribution in [3.05, 3.63) is 57.8 Å². The lowest BCUT2D eigenvalue weighted by molar-refractivity contribution is 0.374. The van der Waals surface area contributed by atoms with E-state index in [0.29, 0.717) is 6.54 Å². The summed E-state index contributed by atoms with van der Waals surface area (Å²) in [7, 11) is 1.84. The van der Waals surface area contributed by atoms with Crippen LogP contribution in [-0.2, 0) is 19.5 Å². The molecule has 2 aliphatic rings. The lowest BCUT2D eigenvalue weighted by atomic mass is 10.0. The minimum absolute atomic E-state index is 0.0443. The number of aliphatic imine (C=N–C) groups is 1. The molecule has 0 bridgehead atoms. The number of nitrogens with zero attached hydrogens (tertiary/aromatic N) is 5. The summed E-state index contributed by atoms with van der Waals surface area (Å²) in [4.78, 5) is 19.2. The topological polar surface area (TPSA) is 67.5 Å². The molecule has 160 valence electrons. The zero-order valence-electron chi connectivity index (χ0n) is 17.9. The van der Waals surface area contributed by atoms with Crippen LogP contribution in [0.15, 0.2) is 45.7 Å². The molecule has 1 aromatic carbocycles. The van der Waals surface area contributed by atoms with E-state index < -0.39 is 0 Å². The van der Waals surface area contributed by atoms with Gasteiger partial charge in [-0.05, 0) is 37.7 Å². The number of fused-ring (bicyclic) bond motifs is 1. The van der Waals surface area contributed by atoms with Gasteiger partial charge in [0, 0.05) is 46.2 Å². The molecule has 4 rings (SSSR count). The maximum Gasteiger partial charge on any atom is 0.345 e. The van der Waals surface area contributed by atoms with Crippen LogP contribution in [0, 0.1) is 0 Å². The van der Waals surface area contributed by atoms with Crippen molar-refractivity contribution in [2.75, 3.05) is 26.7 Å². The Kier molecular flexibility index (Phi) is 6.67. The summed E-state index contributed by atoms with van der Waals surface area (Å²) in [6.07, 6.45) is 8.41. The van der Waals surface area contributed by atoms with Crippen molar-refractivity contribution in [2.24, 2.45) is 4.99 Å². The van der Waals surface area contributed by atoms with E-state index in [0.717, 1.165) is 76.5 Å². The molecule has 7 nitrogen and oxygen atoms in total. The van der Waals surface area contributed by atoms with E-state index in [1.54, 1.807) is 4.68 Å². The highest BCUT2D eigenvalue weighted by molar-refractivity contribution is 5.80. The summed E-state index contributed by atoms with van der Waals surface area (Å²) < 4.78 is 3.47. The number of guanidine groups is 1. The van der Waals surface area contributed by atoms with Gasteiger partial charge in [0.1, 0.15) is 5.82 Å². The summed E-state index contributed by atoms with van der Waals surface area (Å²) in [5, 5.41) is 7.97. The first-order valence-corrected chi connectivity index (χ1v) is 11.1. The monoisotopic (exact) mass is 408 g/mol. The van der Waals surface area contributed by atoms with Gasteiger partial charge in [-0.25, -0.2) is 9.48 Å². The van der Waals surface area contributed by atoms with Crippen LogP contribution in [0.1, 0.15) is 43.5 Å². The van der Waals surface area contributed by atoms with E-state index in [1.165, 1.54) is 11.1 Å². The van der Waals surface area contributed by atoms with Crippen LogP contribution in [-0.4, -0.2) is 51.9 Å². The van der Waals surface area contributed by atoms with Gasteiger partial charge in [0.05, 0.1) is 0 Å². The molecular formula is C23H32N6O. The SMILES string of the molecule is CN=C(NCCCn1nc2n(c1=O)CCCC2)N1CCC(=Cc2ccccc2)CC1. The Morgan fingerprint density at radius 1 is 1.13 bits per heavy atom. The average molecular weight is 409 g/mol. The van der Waals surface area contributed by atoms with E-state index in [1.807, 2.05) is 11.6 Å². The fourth-order valence-corrected chi connectivity index (χ4v) is 4.29. The molecule has 1 aromatic heterocycles. The molecule has 1 N–H and O–H groups in total. The van der Waals surface area contributed by atoms with E-state index in [4.69, 9.17) is 0 Å². The Balaban J connectivity index is 1.23. The number of nitrogens with one attached hydrogen (secondary N) is 1. The molecule has 2 aliphatic heterocycles. The minimum atomic E-state index is 0.0443. The minimum Gasteiger partial charge on any atom is -0.356 e. The van der Waals surface area contributed by atoms with E-state index in [9.17, 15) is 4.79 Å². The van der Waals surface area contributed by atoms with Gasteiger partial charge in [0.2, 0.25) is 0 Å². The Bertz CT molecular complexity index is 946. The molecule has 0 saturated carbocycles. The summed E-state index contributed by atoms with van der Waals surface area (Å²) >= 11 is 0. The molecule has 7 heteroatoms. The Morgan fingerprint density at radius 2 is 1.93 bits per heavy atom. The van der Waals surface area contributed by atoms with Gasteiger partial charge in [-0.3, -0.25) is 9.56 Å². The lowest BCUT2D eigenvalue weighted by Gasteiger charge is -2.31. The van der Waals surface area contributed by atoms with Gasteiger partial charge in [0.15, 0.2) is 5.96 Å². The highest BCUT2D eigenvalue weighted by Crippen LogP contribution is 2.19. The molecule has 0 atom stereocenters. The maximum absolute atomic E-state index is 12.4. The first-order chi connectivity index (χ1) is 14.7. The molecule has 0 amide bonds. The van der Waals surface area contributed by atoms with E-state index in [2.05, 4.69) is 56.7 Å². The second-order valence-corrected chi connectivity index (χ2v) is 8.06. The number of benzene rings is 1. The zero-order valence-corrected chi connectivity index (χ0v) is 17.9. The van der Waals surface area contributed by atoms with Crippen LogP contribution < -0.4 is 11.0 Å². The largest absolute Gasteiger partial charge is 0.356 e. The zero-order chi connectivity index (χ0) is 20.8. The normalized spacial score (nSPS) is 17.0. The standard InChI is InChI=1S/C23H32N6O/c1-24-22(27-16-11-20(12-17-27)18-19-8-3-2-4-9-19)25-13-7-15-29-23(30)28-14-6-5-10-21(28)26-29/h2-4,8-9,18H,5-7,10-17H2,1H3,(H,24,25). The number of likely N-dealkylation sites (tertiary alicyclic amines) is 1. The summed E-state index contributed by atoms with van der Waals surface area (Å²) in [6, 6.07) is 10.5. The van der Waals surface area contributed by atoms with Crippen molar-refractivity contribution in [1.29, 1.82) is 0 Å². The number of aromatic nitrogens is 3. The fraction of sp³-hybridized carbons (Fsp3) is 0.522. The lowest BCUT2D eigenvalue weighted by Crippen LogP contribution is -2.44. The van der Waals surface area contributed by atoms with Crippen LogP contribution >= 0.6 is 0 Å². The number of rotatable bonds is 5. The van der Waals surface area contributed by atoms with E-state index in [-0.39, 0.29) is 5.69 Å². The smallest absolute Gasteiger partial charge is 0.345 e. The maximum atomic E-state index is 12.4. The molecule has 30 heavy (non-hydrogen) atoms. The Morgan fingerprint density at radius 3 is 2.67 bits per heavy atom. The summed E-state index contributed by atoms with van der Waals surface area (Å²) in [5.74, 6) is 1.90. The Hall–Kier alpha value is -2.83. The van der Waals surface area contributed by atoms with Crippen molar-refractivity contribution in [2.45, 2.75) is 51.6 Å². The van der Waals surface area contributed by atoms with E-state index >= 15 is 0 Å². The molecule has 0 spiro atoms. The predicted octanol–water partition coefficient (Wildman–Crippen LogP) is 2.53. The second kappa shape index (κ2) is 9.78. The van der Waals surface area contributed by atoms with Gasteiger partial charge in [-0.2, -0.15) is 5.10 Å². The number of hydrogen-bond acceptors (Lipinski definition) is 3. The van der Waals surface area contributed by atoms with Gasteiger partial charge in [-0.1, -0.05) is 42.0 Å². The average Bonchev–Trinajstić information content (AvgIpc) is 3.11. The quantitative estimate of drug-likeness (QED) is 0.469. The molecule has 0 unspecified atom stereocenters. The molecule has 2 aromatic rings. The molecule has 0 aliphatic carbocycles. The highest BCUT2D eigenvalue weighted by Gasteiger charge is 2.18. The molecule has 1 saturated heterocycles. The van der Waals surface area contributed by atoms with Crippen LogP contribution in [0.2, 0.25) is 0 Å². The van der Waals surface area contributed by atoms with Crippen molar-refractivity contribution < 1.29 is 0 Å². The second-order valence-electron chi connectivity index (χ2n) is 8.06. The number of hydrogen-bond donors (Lipinski definition) is 1. The van der Waals surface area contributed by atoms with Gasteiger partial charge < -0.3 is 10.2 Å². The number of piperidine rings is 1.